The van der Waals surface area contributed by atoms with E-state index in [9.17, 15) is 9.59 Å². The number of hydrogen-bond donors (Lipinski definition) is 1. The number of rotatable bonds is 5. The molecule has 2 aromatic heterocycles. The van der Waals surface area contributed by atoms with E-state index in [2.05, 4.69) is 15.5 Å². The van der Waals surface area contributed by atoms with Crippen molar-refractivity contribution in [3.63, 3.8) is 0 Å². The number of hydrogen-bond acceptors (Lipinski definition) is 4. The SMILES string of the molecule is CCc1nnc2c(=O)n(CC(=O)NC(C)CC)c3ccccc3n12. The zero-order valence-electron chi connectivity index (χ0n) is 14.1. The van der Waals surface area contributed by atoms with Crippen molar-refractivity contribution in [1.29, 1.82) is 0 Å². The van der Waals surface area contributed by atoms with Gasteiger partial charge < -0.3 is 5.32 Å². The number of aryl methyl sites for hydroxylation is 1. The van der Waals surface area contributed by atoms with Gasteiger partial charge in [0.25, 0.3) is 5.56 Å². The Hall–Kier alpha value is -2.70. The number of aromatic nitrogens is 4. The van der Waals surface area contributed by atoms with Gasteiger partial charge >= 0.3 is 0 Å². The van der Waals surface area contributed by atoms with Crippen molar-refractivity contribution < 1.29 is 4.79 Å². The summed E-state index contributed by atoms with van der Waals surface area (Å²) < 4.78 is 3.25. The number of fused-ring (bicyclic) bond motifs is 3. The van der Waals surface area contributed by atoms with E-state index in [0.29, 0.717) is 11.9 Å². The van der Waals surface area contributed by atoms with Gasteiger partial charge in [-0.3, -0.25) is 18.6 Å². The minimum atomic E-state index is -0.305. The fraction of sp³-hybridized carbons (Fsp3) is 0.412. The number of amides is 1. The Morgan fingerprint density at radius 1 is 1.21 bits per heavy atom. The van der Waals surface area contributed by atoms with E-state index in [-0.39, 0.29) is 29.7 Å². The van der Waals surface area contributed by atoms with Crippen molar-refractivity contribution in [3.8, 4) is 0 Å². The summed E-state index contributed by atoms with van der Waals surface area (Å²) >= 11 is 0. The van der Waals surface area contributed by atoms with E-state index < -0.39 is 0 Å². The second-order valence-corrected chi connectivity index (χ2v) is 5.89. The normalized spacial score (nSPS) is 12.6. The first-order chi connectivity index (χ1) is 11.6. The minimum Gasteiger partial charge on any atom is -0.352 e. The van der Waals surface area contributed by atoms with Crippen LogP contribution in [0.1, 0.15) is 33.0 Å². The summed E-state index contributed by atoms with van der Waals surface area (Å²) in [6, 6.07) is 7.57. The molecule has 3 rings (SSSR count). The van der Waals surface area contributed by atoms with Crippen molar-refractivity contribution in [3.05, 3.63) is 40.4 Å². The van der Waals surface area contributed by atoms with E-state index >= 15 is 0 Å². The molecule has 0 aliphatic heterocycles. The Balaban J connectivity index is 2.18. The van der Waals surface area contributed by atoms with Gasteiger partial charge in [-0.25, -0.2) is 0 Å². The smallest absolute Gasteiger partial charge is 0.297 e. The fourth-order valence-electron chi connectivity index (χ4n) is 2.77. The molecule has 1 N–H and O–H groups in total. The maximum atomic E-state index is 12.8. The molecule has 1 unspecified atom stereocenters. The van der Waals surface area contributed by atoms with Crippen LogP contribution >= 0.6 is 0 Å². The molecule has 0 saturated heterocycles. The Morgan fingerprint density at radius 3 is 2.58 bits per heavy atom. The summed E-state index contributed by atoms with van der Waals surface area (Å²) in [5.41, 5.74) is 1.47. The molecule has 1 amide bonds. The minimum absolute atomic E-state index is 0.0332. The highest BCUT2D eigenvalue weighted by Gasteiger charge is 2.17. The topological polar surface area (TPSA) is 81.3 Å². The summed E-state index contributed by atoms with van der Waals surface area (Å²) in [5.74, 6) is 0.547. The molecule has 1 aromatic carbocycles. The van der Waals surface area contributed by atoms with Crippen LogP contribution in [0.25, 0.3) is 16.7 Å². The molecule has 7 heteroatoms. The van der Waals surface area contributed by atoms with Crippen molar-refractivity contribution in [2.75, 3.05) is 0 Å². The monoisotopic (exact) mass is 327 g/mol. The van der Waals surface area contributed by atoms with Crippen LogP contribution in [0.15, 0.2) is 29.1 Å². The lowest BCUT2D eigenvalue weighted by Crippen LogP contribution is -2.37. The molecule has 24 heavy (non-hydrogen) atoms. The van der Waals surface area contributed by atoms with Gasteiger partial charge in [-0.15, -0.1) is 10.2 Å². The van der Waals surface area contributed by atoms with E-state index in [1.54, 1.807) is 4.40 Å². The fourth-order valence-corrected chi connectivity index (χ4v) is 2.77. The van der Waals surface area contributed by atoms with E-state index in [1.807, 2.05) is 45.0 Å². The van der Waals surface area contributed by atoms with Crippen LogP contribution < -0.4 is 10.9 Å². The molecule has 2 heterocycles. The van der Waals surface area contributed by atoms with Crippen molar-refractivity contribution in [2.24, 2.45) is 0 Å². The Labute approximate surface area is 139 Å². The molecule has 7 nitrogen and oxygen atoms in total. The predicted molar refractivity (Wildman–Crippen MR) is 92.0 cm³/mol. The van der Waals surface area contributed by atoms with Crippen LogP contribution in [0.4, 0.5) is 0 Å². The molecule has 0 saturated carbocycles. The van der Waals surface area contributed by atoms with Crippen molar-refractivity contribution >= 4 is 22.6 Å². The number of benzene rings is 1. The van der Waals surface area contributed by atoms with Gasteiger partial charge in [0.05, 0.1) is 11.0 Å². The van der Waals surface area contributed by atoms with Gasteiger partial charge in [-0.2, -0.15) is 0 Å². The van der Waals surface area contributed by atoms with Crippen LogP contribution in [-0.4, -0.2) is 31.1 Å². The van der Waals surface area contributed by atoms with E-state index in [0.717, 1.165) is 17.8 Å². The first-order valence-electron chi connectivity index (χ1n) is 8.21. The Kier molecular flexibility index (Phi) is 4.33. The van der Waals surface area contributed by atoms with Gasteiger partial charge in [-0.1, -0.05) is 26.0 Å². The third-order valence-corrected chi connectivity index (χ3v) is 4.22. The lowest BCUT2D eigenvalue weighted by atomic mass is 10.2. The molecule has 0 fully saturated rings. The summed E-state index contributed by atoms with van der Waals surface area (Å²) in [6.07, 6.45) is 1.51. The molecule has 0 spiro atoms. The second-order valence-electron chi connectivity index (χ2n) is 5.89. The standard InChI is InChI=1S/C17H21N5O2/c1-4-11(3)18-15(23)10-21-12-8-6-7-9-13(12)22-14(5-2)19-20-16(22)17(21)24/h6-9,11H,4-5,10H2,1-3H3,(H,18,23). The molecular formula is C17H21N5O2. The summed E-state index contributed by atoms with van der Waals surface area (Å²) in [5, 5.41) is 11.0. The number of carbonyl (C=O) groups excluding carboxylic acids is 1. The maximum Gasteiger partial charge on any atom is 0.297 e. The number of para-hydroxylation sites is 2. The lowest BCUT2D eigenvalue weighted by Gasteiger charge is -2.15. The highest BCUT2D eigenvalue weighted by molar-refractivity contribution is 5.82. The van der Waals surface area contributed by atoms with E-state index in [4.69, 9.17) is 0 Å². The highest BCUT2D eigenvalue weighted by Crippen LogP contribution is 2.15. The van der Waals surface area contributed by atoms with Crippen LogP contribution in [0, 0.1) is 0 Å². The molecule has 0 bridgehead atoms. The highest BCUT2D eigenvalue weighted by atomic mass is 16.2. The van der Waals surface area contributed by atoms with Gasteiger partial charge in [0, 0.05) is 12.5 Å². The van der Waals surface area contributed by atoms with Crippen molar-refractivity contribution in [2.45, 2.75) is 46.2 Å². The van der Waals surface area contributed by atoms with Crippen LogP contribution in [0.5, 0.6) is 0 Å². The van der Waals surface area contributed by atoms with Gasteiger partial charge in [0.1, 0.15) is 12.4 Å². The van der Waals surface area contributed by atoms with Gasteiger partial charge in [0.15, 0.2) is 0 Å². The largest absolute Gasteiger partial charge is 0.352 e. The van der Waals surface area contributed by atoms with Crippen LogP contribution in [-0.2, 0) is 17.8 Å². The molecule has 126 valence electrons. The lowest BCUT2D eigenvalue weighted by molar-refractivity contribution is -0.122. The molecule has 0 aliphatic rings. The predicted octanol–water partition coefficient (Wildman–Crippen LogP) is 1.52. The summed E-state index contributed by atoms with van der Waals surface area (Å²) in [4.78, 5) is 25.1. The van der Waals surface area contributed by atoms with Crippen LogP contribution in [0.2, 0.25) is 0 Å². The molecule has 0 aliphatic carbocycles. The van der Waals surface area contributed by atoms with Crippen molar-refractivity contribution in [1.82, 2.24) is 24.5 Å². The first kappa shape index (κ1) is 16.2. The second kappa shape index (κ2) is 6.43. The summed E-state index contributed by atoms with van der Waals surface area (Å²) in [7, 11) is 0. The molecule has 1 atom stereocenters. The van der Waals surface area contributed by atoms with Gasteiger partial charge in [0.2, 0.25) is 11.6 Å². The molecule has 3 aromatic rings. The Bertz CT molecular complexity index is 957. The average molecular weight is 327 g/mol. The maximum absolute atomic E-state index is 12.8. The number of nitrogens with zero attached hydrogens (tertiary/aromatic N) is 4. The zero-order valence-corrected chi connectivity index (χ0v) is 14.1. The molecular weight excluding hydrogens is 306 g/mol. The number of nitrogens with one attached hydrogen (secondary N) is 1. The zero-order chi connectivity index (χ0) is 17.3. The van der Waals surface area contributed by atoms with Gasteiger partial charge in [-0.05, 0) is 25.5 Å². The first-order valence-corrected chi connectivity index (χ1v) is 8.21. The van der Waals surface area contributed by atoms with E-state index in [1.165, 1.54) is 4.57 Å². The quantitative estimate of drug-likeness (QED) is 0.770. The third kappa shape index (κ3) is 2.66. The van der Waals surface area contributed by atoms with Crippen LogP contribution in [0.3, 0.4) is 0 Å². The Morgan fingerprint density at radius 2 is 1.92 bits per heavy atom. The summed E-state index contributed by atoms with van der Waals surface area (Å²) in [6.45, 7) is 5.87. The molecule has 0 radical (unpaired) electrons. The third-order valence-electron chi connectivity index (χ3n) is 4.22. The number of carbonyl (C=O) groups is 1. The average Bonchev–Trinajstić information content (AvgIpc) is 3.02.